The molecule has 2 aromatic rings. The van der Waals surface area contributed by atoms with Crippen molar-refractivity contribution in [2.24, 2.45) is 5.92 Å². The molecule has 2 aromatic carbocycles. The fourth-order valence-corrected chi connectivity index (χ4v) is 3.62. The van der Waals surface area contributed by atoms with Gasteiger partial charge in [-0.1, -0.05) is 24.3 Å². The van der Waals surface area contributed by atoms with E-state index in [1.165, 1.54) is 12.1 Å². The summed E-state index contributed by atoms with van der Waals surface area (Å²) in [5.41, 5.74) is 1.79. The quantitative estimate of drug-likeness (QED) is 0.935. The van der Waals surface area contributed by atoms with Gasteiger partial charge in [0.05, 0.1) is 13.0 Å². The molecule has 3 rings (SSSR count). The van der Waals surface area contributed by atoms with Gasteiger partial charge in [0, 0.05) is 18.5 Å². The van der Waals surface area contributed by atoms with E-state index in [0.717, 1.165) is 16.9 Å². The zero-order chi connectivity index (χ0) is 17.3. The minimum atomic E-state index is -0.838. The fourth-order valence-electron chi connectivity index (χ4n) is 3.62. The highest BCUT2D eigenvalue weighted by Crippen LogP contribution is 2.45. The minimum Gasteiger partial charge on any atom is -0.497 e. The van der Waals surface area contributed by atoms with Gasteiger partial charge in [-0.25, -0.2) is 4.39 Å². The number of likely N-dealkylation sites (N-methyl/N-ethyl adjacent to an activating group) is 1. The zero-order valence-corrected chi connectivity index (χ0v) is 13.6. The smallest absolute Gasteiger partial charge is 0.309 e. The van der Waals surface area contributed by atoms with Gasteiger partial charge in [0.25, 0.3) is 0 Å². The number of halogens is 1. The van der Waals surface area contributed by atoms with E-state index in [1.54, 1.807) is 19.2 Å². The van der Waals surface area contributed by atoms with Crippen molar-refractivity contribution in [3.05, 3.63) is 65.5 Å². The van der Waals surface area contributed by atoms with Crippen LogP contribution >= 0.6 is 0 Å². The molecule has 1 saturated heterocycles. The standard InChI is InChI=1S/C19H20FNO3/c1-21-11-16(12-3-7-14(20)8-4-12)17(19(22)23)18(21)13-5-9-15(24-2)10-6-13/h3-10,16-18H,11H2,1-2H3,(H,22,23). The SMILES string of the molecule is COc1ccc(C2C(C(=O)O)C(c3ccc(F)cc3)CN2C)cc1. The van der Waals surface area contributed by atoms with Crippen molar-refractivity contribution in [3.8, 4) is 5.75 Å². The van der Waals surface area contributed by atoms with Crippen molar-refractivity contribution in [2.45, 2.75) is 12.0 Å². The first-order chi connectivity index (χ1) is 11.5. The maximum Gasteiger partial charge on any atom is 0.309 e. The molecule has 126 valence electrons. The van der Waals surface area contributed by atoms with Crippen LogP contribution in [0.15, 0.2) is 48.5 Å². The number of likely N-dealkylation sites (tertiary alicyclic amines) is 1. The van der Waals surface area contributed by atoms with E-state index in [1.807, 2.05) is 31.3 Å². The van der Waals surface area contributed by atoms with Crippen LogP contribution in [0.1, 0.15) is 23.1 Å². The number of nitrogens with zero attached hydrogens (tertiary/aromatic N) is 1. The summed E-state index contributed by atoms with van der Waals surface area (Å²) in [5, 5.41) is 9.82. The van der Waals surface area contributed by atoms with Crippen LogP contribution in [0.4, 0.5) is 4.39 Å². The molecule has 1 heterocycles. The number of methoxy groups -OCH3 is 1. The van der Waals surface area contributed by atoms with Crippen molar-refractivity contribution >= 4 is 5.97 Å². The second-order valence-corrected chi connectivity index (χ2v) is 6.18. The summed E-state index contributed by atoms with van der Waals surface area (Å²) >= 11 is 0. The van der Waals surface area contributed by atoms with Gasteiger partial charge in [0.2, 0.25) is 0 Å². The lowest BCUT2D eigenvalue weighted by atomic mass is 9.83. The van der Waals surface area contributed by atoms with E-state index < -0.39 is 11.9 Å². The molecule has 24 heavy (non-hydrogen) atoms. The number of hydrogen-bond acceptors (Lipinski definition) is 3. The molecule has 5 heteroatoms. The van der Waals surface area contributed by atoms with E-state index in [-0.39, 0.29) is 17.8 Å². The maximum absolute atomic E-state index is 13.2. The van der Waals surface area contributed by atoms with Crippen LogP contribution in [0.2, 0.25) is 0 Å². The predicted molar refractivity (Wildman–Crippen MR) is 88.6 cm³/mol. The Kier molecular flexibility index (Phi) is 4.53. The topological polar surface area (TPSA) is 49.8 Å². The molecule has 3 unspecified atom stereocenters. The summed E-state index contributed by atoms with van der Waals surface area (Å²) < 4.78 is 18.3. The third-order valence-corrected chi connectivity index (χ3v) is 4.77. The first-order valence-electron chi connectivity index (χ1n) is 7.83. The summed E-state index contributed by atoms with van der Waals surface area (Å²) in [5.74, 6) is -1.19. The molecule has 0 bridgehead atoms. The lowest BCUT2D eigenvalue weighted by Crippen LogP contribution is -2.26. The Morgan fingerprint density at radius 3 is 2.25 bits per heavy atom. The highest BCUT2D eigenvalue weighted by molar-refractivity contribution is 5.73. The van der Waals surface area contributed by atoms with E-state index in [9.17, 15) is 14.3 Å². The summed E-state index contributed by atoms with van der Waals surface area (Å²) in [7, 11) is 3.52. The van der Waals surface area contributed by atoms with Gasteiger partial charge in [-0.15, -0.1) is 0 Å². The molecule has 0 radical (unpaired) electrons. The number of carboxylic acids is 1. The molecule has 0 spiro atoms. The molecular weight excluding hydrogens is 309 g/mol. The average Bonchev–Trinajstić information content (AvgIpc) is 2.93. The van der Waals surface area contributed by atoms with Gasteiger partial charge in [-0.3, -0.25) is 9.69 Å². The maximum atomic E-state index is 13.2. The largest absolute Gasteiger partial charge is 0.497 e. The van der Waals surface area contributed by atoms with Crippen LogP contribution in [0, 0.1) is 11.7 Å². The van der Waals surface area contributed by atoms with Crippen LogP contribution in [0.25, 0.3) is 0 Å². The highest BCUT2D eigenvalue weighted by atomic mass is 19.1. The predicted octanol–water partition coefficient (Wildman–Crippen LogP) is 3.31. The number of carbonyl (C=O) groups is 1. The van der Waals surface area contributed by atoms with Gasteiger partial charge in [0.15, 0.2) is 0 Å². The van der Waals surface area contributed by atoms with Gasteiger partial charge < -0.3 is 9.84 Å². The Labute approximate surface area is 140 Å². The average molecular weight is 329 g/mol. The molecule has 1 N–H and O–H groups in total. The number of ether oxygens (including phenoxy) is 1. The van der Waals surface area contributed by atoms with Crippen molar-refractivity contribution in [2.75, 3.05) is 20.7 Å². The first kappa shape index (κ1) is 16.5. The number of aliphatic carboxylic acids is 1. The third kappa shape index (κ3) is 2.99. The molecule has 0 saturated carbocycles. The molecule has 1 aliphatic rings. The van der Waals surface area contributed by atoms with Crippen LogP contribution in [-0.2, 0) is 4.79 Å². The lowest BCUT2D eigenvalue weighted by Gasteiger charge is -2.24. The van der Waals surface area contributed by atoms with Crippen LogP contribution in [0.5, 0.6) is 5.75 Å². The van der Waals surface area contributed by atoms with E-state index in [2.05, 4.69) is 4.90 Å². The van der Waals surface area contributed by atoms with E-state index >= 15 is 0 Å². The Morgan fingerprint density at radius 2 is 1.71 bits per heavy atom. The second-order valence-electron chi connectivity index (χ2n) is 6.18. The Bertz CT molecular complexity index is 714. The zero-order valence-electron chi connectivity index (χ0n) is 13.6. The van der Waals surface area contributed by atoms with E-state index in [0.29, 0.717) is 6.54 Å². The third-order valence-electron chi connectivity index (χ3n) is 4.77. The van der Waals surface area contributed by atoms with Gasteiger partial charge in [0.1, 0.15) is 11.6 Å². The molecule has 1 fully saturated rings. The van der Waals surface area contributed by atoms with Crippen molar-refractivity contribution in [1.29, 1.82) is 0 Å². The summed E-state index contributed by atoms with van der Waals surface area (Å²) in [6, 6.07) is 13.4. The van der Waals surface area contributed by atoms with Crippen LogP contribution in [-0.4, -0.2) is 36.7 Å². The fraction of sp³-hybridized carbons (Fsp3) is 0.316. The van der Waals surface area contributed by atoms with Gasteiger partial charge >= 0.3 is 5.97 Å². The van der Waals surface area contributed by atoms with Crippen LogP contribution in [0.3, 0.4) is 0 Å². The van der Waals surface area contributed by atoms with Crippen molar-refractivity contribution in [3.63, 3.8) is 0 Å². The van der Waals surface area contributed by atoms with Gasteiger partial charge in [-0.2, -0.15) is 0 Å². The molecule has 0 amide bonds. The Morgan fingerprint density at radius 1 is 1.12 bits per heavy atom. The molecule has 1 aliphatic heterocycles. The molecule has 0 aliphatic carbocycles. The number of benzene rings is 2. The van der Waals surface area contributed by atoms with E-state index in [4.69, 9.17) is 4.74 Å². The van der Waals surface area contributed by atoms with Gasteiger partial charge in [-0.05, 0) is 42.4 Å². The Hall–Kier alpha value is -2.40. The molecule has 4 nitrogen and oxygen atoms in total. The van der Waals surface area contributed by atoms with Crippen LogP contribution < -0.4 is 4.74 Å². The highest BCUT2D eigenvalue weighted by Gasteiger charge is 2.45. The lowest BCUT2D eigenvalue weighted by molar-refractivity contribution is -0.143. The number of carboxylic acid groups (broad SMARTS) is 1. The van der Waals surface area contributed by atoms with Crippen molar-refractivity contribution in [1.82, 2.24) is 4.90 Å². The Balaban J connectivity index is 1.96. The number of hydrogen-bond donors (Lipinski definition) is 1. The van der Waals surface area contributed by atoms with Crippen molar-refractivity contribution < 1.29 is 19.0 Å². The summed E-state index contributed by atoms with van der Waals surface area (Å²) in [4.78, 5) is 14.0. The summed E-state index contributed by atoms with van der Waals surface area (Å²) in [6.07, 6.45) is 0. The monoisotopic (exact) mass is 329 g/mol. The number of rotatable bonds is 4. The normalized spacial score (nSPS) is 24.0. The molecule has 3 atom stereocenters. The minimum absolute atomic E-state index is 0.180. The first-order valence-corrected chi connectivity index (χ1v) is 7.83. The molecule has 0 aromatic heterocycles. The molecular formula is C19H20FNO3. The second kappa shape index (κ2) is 6.61. The summed E-state index contributed by atoms with van der Waals surface area (Å²) in [6.45, 7) is 0.610.